The molecule has 0 radical (unpaired) electrons. The highest BCUT2D eigenvalue weighted by atomic mass is 15.2. The fourth-order valence-corrected chi connectivity index (χ4v) is 4.58. The molecule has 3 fully saturated rings. The Hall–Kier alpha value is -0.820. The lowest BCUT2D eigenvalue weighted by Crippen LogP contribution is -2.57. The molecule has 1 aromatic carbocycles. The van der Waals surface area contributed by atoms with Gasteiger partial charge in [0.1, 0.15) is 0 Å². The molecular formula is C18H27N. The second-order valence-corrected chi connectivity index (χ2v) is 7.20. The Balaban J connectivity index is 2.11. The van der Waals surface area contributed by atoms with Crippen molar-refractivity contribution in [2.24, 2.45) is 5.41 Å². The summed E-state index contributed by atoms with van der Waals surface area (Å²) in [7, 11) is 0. The predicted octanol–water partition coefficient (Wildman–Crippen LogP) is 4.20. The first kappa shape index (κ1) is 13.2. The van der Waals surface area contributed by atoms with Crippen LogP contribution in [0.1, 0.15) is 54.9 Å². The van der Waals surface area contributed by atoms with Crippen LogP contribution in [0.25, 0.3) is 0 Å². The van der Waals surface area contributed by atoms with Crippen molar-refractivity contribution in [3.63, 3.8) is 0 Å². The minimum atomic E-state index is 0.513. The molecule has 3 aliphatic heterocycles. The third kappa shape index (κ3) is 1.94. The third-order valence-corrected chi connectivity index (χ3v) is 5.94. The number of aryl methyl sites for hydroxylation is 2. The first-order valence-electron chi connectivity index (χ1n) is 7.74. The second-order valence-electron chi connectivity index (χ2n) is 7.20. The van der Waals surface area contributed by atoms with Gasteiger partial charge in [-0.15, -0.1) is 0 Å². The van der Waals surface area contributed by atoms with Crippen LogP contribution in [0.4, 0.5) is 0 Å². The molecule has 1 heteroatoms. The second kappa shape index (κ2) is 4.34. The van der Waals surface area contributed by atoms with E-state index in [2.05, 4.69) is 51.7 Å². The molecule has 2 atom stereocenters. The van der Waals surface area contributed by atoms with Gasteiger partial charge in [0.15, 0.2) is 0 Å². The Bertz CT molecular complexity index is 495. The highest BCUT2D eigenvalue weighted by Crippen LogP contribution is 2.53. The monoisotopic (exact) mass is 257 g/mol. The number of hydrogen-bond acceptors (Lipinski definition) is 1. The number of rotatable bonds is 1. The van der Waals surface area contributed by atoms with E-state index < -0.39 is 0 Å². The first-order chi connectivity index (χ1) is 8.92. The molecule has 2 bridgehead atoms. The summed E-state index contributed by atoms with van der Waals surface area (Å²) in [5.41, 5.74) is 6.54. The van der Waals surface area contributed by atoms with Crippen molar-refractivity contribution in [2.45, 2.75) is 59.4 Å². The first-order valence-corrected chi connectivity index (χ1v) is 7.74. The van der Waals surface area contributed by atoms with Gasteiger partial charge in [-0.1, -0.05) is 24.6 Å². The van der Waals surface area contributed by atoms with Gasteiger partial charge >= 0.3 is 0 Å². The van der Waals surface area contributed by atoms with Gasteiger partial charge in [0.05, 0.1) is 0 Å². The summed E-state index contributed by atoms with van der Waals surface area (Å²) in [6.07, 6.45) is 2.74. The number of nitrogens with zero attached hydrogens (tertiary/aromatic N) is 1. The van der Waals surface area contributed by atoms with Crippen LogP contribution in [0.3, 0.4) is 0 Å². The molecule has 0 spiro atoms. The molecule has 3 aliphatic rings. The van der Waals surface area contributed by atoms with Crippen LogP contribution in [0.2, 0.25) is 0 Å². The van der Waals surface area contributed by atoms with E-state index in [0.717, 1.165) is 0 Å². The highest BCUT2D eigenvalue weighted by molar-refractivity contribution is 5.41. The Morgan fingerprint density at radius 1 is 1.11 bits per heavy atom. The number of piperidine rings is 3. The summed E-state index contributed by atoms with van der Waals surface area (Å²) in [6, 6.07) is 5.48. The van der Waals surface area contributed by atoms with Crippen molar-refractivity contribution >= 4 is 0 Å². The van der Waals surface area contributed by atoms with Gasteiger partial charge in [-0.2, -0.15) is 0 Å². The summed E-state index contributed by atoms with van der Waals surface area (Å²) in [6.45, 7) is 14.4. The normalized spacial score (nSPS) is 37.6. The summed E-state index contributed by atoms with van der Waals surface area (Å²) in [5.74, 6) is 0.716. The molecule has 0 saturated carbocycles. The van der Waals surface area contributed by atoms with E-state index in [1.807, 2.05) is 0 Å². The molecule has 0 amide bonds. The fraction of sp³-hybridized carbons (Fsp3) is 0.667. The molecule has 0 aliphatic carbocycles. The van der Waals surface area contributed by atoms with Crippen LogP contribution in [0, 0.1) is 26.2 Å². The topological polar surface area (TPSA) is 3.24 Å². The van der Waals surface area contributed by atoms with Crippen molar-refractivity contribution in [2.75, 3.05) is 13.1 Å². The molecule has 0 aromatic heterocycles. The highest BCUT2D eigenvalue weighted by Gasteiger charge is 2.48. The summed E-state index contributed by atoms with van der Waals surface area (Å²) in [4.78, 5) is 2.70. The quantitative estimate of drug-likeness (QED) is 0.729. The van der Waals surface area contributed by atoms with E-state index in [0.29, 0.717) is 17.4 Å². The van der Waals surface area contributed by atoms with Crippen LogP contribution in [-0.2, 0) is 0 Å². The van der Waals surface area contributed by atoms with Crippen LogP contribution in [0.5, 0.6) is 0 Å². The zero-order chi connectivity index (χ0) is 13.8. The lowest BCUT2D eigenvalue weighted by atomic mass is 9.60. The molecule has 19 heavy (non-hydrogen) atoms. The molecule has 1 nitrogen and oxygen atoms in total. The zero-order valence-corrected chi connectivity index (χ0v) is 13.1. The van der Waals surface area contributed by atoms with Gasteiger partial charge in [0, 0.05) is 12.0 Å². The van der Waals surface area contributed by atoms with E-state index >= 15 is 0 Å². The fourth-order valence-electron chi connectivity index (χ4n) is 4.58. The molecule has 3 saturated heterocycles. The number of fused-ring (bicyclic) bond motifs is 3. The lowest BCUT2D eigenvalue weighted by molar-refractivity contribution is -0.0270. The van der Waals surface area contributed by atoms with Crippen LogP contribution < -0.4 is 0 Å². The molecular weight excluding hydrogens is 230 g/mol. The van der Waals surface area contributed by atoms with E-state index in [1.165, 1.54) is 42.6 Å². The van der Waals surface area contributed by atoms with E-state index in [4.69, 9.17) is 0 Å². The minimum absolute atomic E-state index is 0.513. The maximum absolute atomic E-state index is 2.70. The van der Waals surface area contributed by atoms with Crippen molar-refractivity contribution in [1.82, 2.24) is 4.90 Å². The maximum atomic E-state index is 2.70. The standard InChI is InChI=1S/C18H27N/c1-12-10-13(2)14(3)16(11-12)17-15(4)19-8-6-18(17,5)7-9-19/h10-11,15,17H,6-9H2,1-5H3/t15-,17?/m1/s1. The summed E-state index contributed by atoms with van der Waals surface area (Å²) >= 11 is 0. The zero-order valence-electron chi connectivity index (χ0n) is 13.1. The lowest BCUT2D eigenvalue weighted by Gasteiger charge is -2.56. The predicted molar refractivity (Wildman–Crippen MR) is 81.8 cm³/mol. The van der Waals surface area contributed by atoms with Gasteiger partial charge in [0.25, 0.3) is 0 Å². The maximum Gasteiger partial charge on any atom is 0.0141 e. The van der Waals surface area contributed by atoms with Gasteiger partial charge in [-0.3, -0.25) is 4.90 Å². The Kier molecular flexibility index (Phi) is 3.01. The molecule has 1 unspecified atom stereocenters. The molecule has 3 heterocycles. The SMILES string of the molecule is Cc1cc(C)c(C)c(C2[C@@H](C)N3CCC2(C)CC3)c1. The van der Waals surface area contributed by atoms with Crippen LogP contribution in [-0.4, -0.2) is 24.0 Å². The van der Waals surface area contributed by atoms with Crippen molar-refractivity contribution < 1.29 is 0 Å². The van der Waals surface area contributed by atoms with Gasteiger partial charge < -0.3 is 0 Å². The third-order valence-electron chi connectivity index (χ3n) is 5.94. The van der Waals surface area contributed by atoms with Crippen molar-refractivity contribution in [3.8, 4) is 0 Å². The average molecular weight is 257 g/mol. The minimum Gasteiger partial charge on any atom is -0.300 e. The van der Waals surface area contributed by atoms with Gasteiger partial charge in [-0.05, 0) is 75.7 Å². The van der Waals surface area contributed by atoms with Gasteiger partial charge in [-0.25, -0.2) is 0 Å². The van der Waals surface area contributed by atoms with Crippen molar-refractivity contribution in [3.05, 3.63) is 34.4 Å². The largest absolute Gasteiger partial charge is 0.300 e. The number of hydrogen-bond donors (Lipinski definition) is 0. The Morgan fingerprint density at radius 3 is 2.32 bits per heavy atom. The van der Waals surface area contributed by atoms with Crippen molar-refractivity contribution in [1.29, 1.82) is 0 Å². The Labute approximate surface area is 118 Å². The number of benzene rings is 1. The molecule has 104 valence electrons. The molecule has 1 aromatic rings. The summed E-state index contributed by atoms with van der Waals surface area (Å²) < 4.78 is 0. The Morgan fingerprint density at radius 2 is 1.74 bits per heavy atom. The average Bonchev–Trinajstić information content (AvgIpc) is 2.35. The van der Waals surface area contributed by atoms with Crippen LogP contribution in [0.15, 0.2) is 12.1 Å². The van der Waals surface area contributed by atoms with E-state index in [9.17, 15) is 0 Å². The van der Waals surface area contributed by atoms with Gasteiger partial charge in [0.2, 0.25) is 0 Å². The molecule has 4 rings (SSSR count). The van der Waals surface area contributed by atoms with E-state index in [-0.39, 0.29) is 0 Å². The van der Waals surface area contributed by atoms with Crippen LogP contribution >= 0.6 is 0 Å². The van der Waals surface area contributed by atoms with E-state index in [1.54, 1.807) is 5.56 Å². The molecule has 0 N–H and O–H groups in total. The summed E-state index contributed by atoms with van der Waals surface area (Å²) in [5, 5.41) is 0. The smallest absolute Gasteiger partial charge is 0.0141 e.